The van der Waals surface area contributed by atoms with Crippen LogP contribution in [0.25, 0.3) is 0 Å². The van der Waals surface area contributed by atoms with Crippen molar-refractivity contribution >= 4 is 23.4 Å². The van der Waals surface area contributed by atoms with Gasteiger partial charge in [-0.05, 0) is 41.5 Å². The lowest BCUT2D eigenvalue weighted by atomic mass is 10.0. The molecule has 2 N–H and O–H groups in total. The Morgan fingerprint density at radius 2 is 2.00 bits per heavy atom. The van der Waals surface area contributed by atoms with Crippen LogP contribution in [0.4, 0.5) is 0 Å². The van der Waals surface area contributed by atoms with Crippen LogP contribution in [0.3, 0.4) is 0 Å². The molecular weight excluding hydrogens is 276 g/mol. The van der Waals surface area contributed by atoms with Gasteiger partial charge >= 0.3 is 0 Å². The van der Waals surface area contributed by atoms with Gasteiger partial charge in [-0.1, -0.05) is 30.7 Å². The molecule has 0 saturated carbocycles. The highest BCUT2D eigenvalue weighted by molar-refractivity contribution is 7.99. The van der Waals surface area contributed by atoms with Gasteiger partial charge in [-0.25, -0.2) is 0 Å². The normalized spacial score (nSPS) is 12.4. The SMILES string of the molecule is CCSc1ccc(C(N)Cc2ccncc2Cl)cc1. The number of thioether (sulfide) groups is 1. The van der Waals surface area contributed by atoms with E-state index in [4.69, 9.17) is 17.3 Å². The fourth-order valence-electron chi connectivity index (χ4n) is 1.90. The summed E-state index contributed by atoms with van der Waals surface area (Å²) < 4.78 is 0. The summed E-state index contributed by atoms with van der Waals surface area (Å²) in [5.74, 6) is 1.08. The maximum Gasteiger partial charge on any atom is 0.0622 e. The van der Waals surface area contributed by atoms with Crippen LogP contribution < -0.4 is 5.73 Å². The van der Waals surface area contributed by atoms with E-state index in [2.05, 4.69) is 36.2 Å². The molecule has 0 saturated heterocycles. The van der Waals surface area contributed by atoms with E-state index < -0.39 is 0 Å². The molecule has 0 aliphatic carbocycles. The second kappa shape index (κ2) is 6.94. The molecule has 2 nitrogen and oxygen atoms in total. The number of pyridine rings is 1. The van der Waals surface area contributed by atoms with E-state index in [1.165, 1.54) is 4.90 Å². The topological polar surface area (TPSA) is 38.9 Å². The Kier molecular flexibility index (Phi) is 5.25. The third-order valence-corrected chi connectivity index (χ3v) is 4.15. The van der Waals surface area contributed by atoms with Crippen molar-refractivity contribution in [2.75, 3.05) is 5.75 Å². The molecule has 19 heavy (non-hydrogen) atoms. The van der Waals surface area contributed by atoms with Gasteiger partial charge in [-0.2, -0.15) is 0 Å². The molecule has 0 bridgehead atoms. The van der Waals surface area contributed by atoms with Gasteiger partial charge in [0.25, 0.3) is 0 Å². The van der Waals surface area contributed by atoms with Gasteiger partial charge in [-0.15, -0.1) is 11.8 Å². The average molecular weight is 293 g/mol. The predicted molar refractivity (Wildman–Crippen MR) is 82.7 cm³/mol. The van der Waals surface area contributed by atoms with Gasteiger partial charge in [0.2, 0.25) is 0 Å². The molecule has 2 rings (SSSR count). The van der Waals surface area contributed by atoms with Crippen molar-refractivity contribution in [1.29, 1.82) is 0 Å². The van der Waals surface area contributed by atoms with Crippen LogP contribution in [0.5, 0.6) is 0 Å². The molecular formula is C15H17ClN2S. The van der Waals surface area contributed by atoms with Crippen molar-refractivity contribution in [2.24, 2.45) is 5.73 Å². The van der Waals surface area contributed by atoms with Crippen molar-refractivity contribution in [3.05, 3.63) is 58.9 Å². The maximum atomic E-state index is 6.23. The molecule has 0 aliphatic rings. The fraction of sp³-hybridized carbons (Fsp3) is 0.267. The summed E-state index contributed by atoms with van der Waals surface area (Å²) in [6, 6.07) is 10.3. The first-order valence-corrected chi connectivity index (χ1v) is 7.63. The molecule has 0 radical (unpaired) electrons. The Labute approximate surface area is 123 Å². The van der Waals surface area contributed by atoms with Gasteiger partial charge in [0.15, 0.2) is 0 Å². The number of rotatable bonds is 5. The fourth-order valence-corrected chi connectivity index (χ4v) is 2.76. The summed E-state index contributed by atoms with van der Waals surface area (Å²) in [7, 11) is 0. The third-order valence-electron chi connectivity index (χ3n) is 2.92. The van der Waals surface area contributed by atoms with Crippen LogP contribution in [0, 0.1) is 0 Å². The molecule has 0 spiro atoms. The summed E-state index contributed by atoms with van der Waals surface area (Å²) >= 11 is 7.93. The summed E-state index contributed by atoms with van der Waals surface area (Å²) in [5, 5.41) is 0.677. The standard InChI is InChI=1S/C15H17ClN2S/c1-2-19-13-5-3-11(4-6-13)15(17)9-12-7-8-18-10-14(12)16/h3-8,10,15H,2,9,17H2,1H3. The highest BCUT2D eigenvalue weighted by atomic mass is 35.5. The highest BCUT2D eigenvalue weighted by Crippen LogP contribution is 2.23. The quantitative estimate of drug-likeness (QED) is 0.844. The van der Waals surface area contributed by atoms with E-state index in [1.807, 2.05) is 17.8 Å². The number of halogens is 1. The zero-order chi connectivity index (χ0) is 13.7. The Morgan fingerprint density at radius 1 is 1.26 bits per heavy atom. The van der Waals surface area contributed by atoms with Gasteiger partial charge in [0.05, 0.1) is 5.02 Å². The first-order valence-electron chi connectivity index (χ1n) is 6.27. The minimum atomic E-state index is -0.0411. The minimum absolute atomic E-state index is 0.0411. The second-order valence-corrected chi connectivity index (χ2v) is 6.02. The predicted octanol–water partition coefficient (Wildman–Crippen LogP) is 4.09. The Bertz CT molecular complexity index is 528. The van der Waals surface area contributed by atoms with Gasteiger partial charge in [0, 0.05) is 23.3 Å². The van der Waals surface area contributed by atoms with Gasteiger partial charge < -0.3 is 5.73 Å². The lowest BCUT2D eigenvalue weighted by molar-refractivity contribution is 0.720. The van der Waals surface area contributed by atoms with Crippen molar-refractivity contribution in [1.82, 2.24) is 4.98 Å². The van der Waals surface area contributed by atoms with Crippen LogP contribution >= 0.6 is 23.4 Å². The summed E-state index contributed by atoms with van der Waals surface area (Å²) in [6.07, 6.45) is 4.13. The van der Waals surface area contributed by atoms with E-state index in [0.717, 1.165) is 23.3 Å². The highest BCUT2D eigenvalue weighted by Gasteiger charge is 2.09. The van der Waals surface area contributed by atoms with Crippen LogP contribution in [0.1, 0.15) is 24.1 Å². The second-order valence-electron chi connectivity index (χ2n) is 4.28. The number of hydrogen-bond donors (Lipinski definition) is 1. The van der Waals surface area contributed by atoms with Crippen LogP contribution in [-0.2, 0) is 6.42 Å². The Morgan fingerprint density at radius 3 is 2.63 bits per heavy atom. The van der Waals surface area contributed by atoms with Crippen molar-refractivity contribution in [2.45, 2.75) is 24.3 Å². The molecule has 2 aromatic rings. The molecule has 1 atom stereocenters. The average Bonchev–Trinajstić information content (AvgIpc) is 2.42. The smallest absolute Gasteiger partial charge is 0.0622 e. The molecule has 1 aromatic carbocycles. The molecule has 1 unspecified atom stereocenters. The number of aromatic nitrogens is 1. The van der Waals surface area contributed by atoms with Crippen LogP contribution in [0.2, 0.25) is 5.02 Å². The van der Waals surface area contributed by atoms with E-state index in [0.29, 0.717) is 5.02 Å². The molecule has 100 valence electrons. The van der Waals surface area contributed by atoms with Crippen LogP contribution in [0.15, 0.2) is 47.6 Å². The lowest BCUT2D eigenvalue weighted by Crippen LogP contribution is -2.13. The zero-order valence-electron chi connectivity index (χ0n) is 10.8. The molecule has 0 aliphatic heterocycles. The third kappa shape index (κ3) is 3.96. The first-order chi connectivity index (χ1) is 9.20. The van der Waals surface area contributed by atoms with Crippen molar-refractivity contribution in [3.8, 4) is 0 Å². The van der Waals surface area contributed by atoms with Crippen molar-refractivity contribution < 1.29 is 0 Å². The number of benzene rings is 1. The minimum Gasteiger partial charge on any atom is -0.324 e. The van der Waals surface area contributed by atoms with Crippen LogP contribution in [-0.4, -0.2) is 10.7 Å². The summed E-state index contributed by atoms with van der Waals surface area (Å²) in [4.78, 5) is 5.26. The number of hydrogen-bond acceptors (Lipinski definition) is 3. The van der Waals surface area contributed by atoms with E-state index in [-0.39, 0.29) is 6.04 Å². The van der Waals surface area contributed by atoms with Gasteiger partial charge in [-0.3, -0.25) is 4.98 Å². The summed E-state index contributed by atoms with van der Waals surface area (Å²) in [6.45, 7) is 2.15. The Hall–Kier alpha value is -1.03. The molecule has 4 heteroatoms. The van der Waals surface area contributed by atoms with Crippen molar-refractivity contribution in [3.63, 3.8) is 0 Å². The zero-order valence-corrected chi connectivity index (χ0v) is 12.4. The Balaban J connectivity index is 2.07. The molecule has 1 heterocycles. The monoisotopic (exact) mass is 292 g/mol. The summed E-state index contributed by atoms with van der Waals surface area (Å²) in [5.41, 5.74) is 8.40. The number of nitrogens with two attached hydrogens (primary N) is 1. The molecule has 1 aromatic heterocycles. The molecule has 0 fully saturated rings. The maximum absolute atomic E-state index is 6.23. The molecule has 0 amide bonds. The van der Waals surface area contributed by atoms with Gasteiger partial charge in [0.1, 0.15) is 0 Å². The largest absolute Gasteiger partial charge is 0.324 e. The van der Waals surface area contributed by atoms with E-state index in [9.17, 15) is 0 Å². The van der Waals surface area contributed by atoms with E-state index in [1.54, 1.807) is 12.4 Å². The lowest BCUT2D eigenvalue weighted by Gasteiger charge is -2.13. The van der Waals surface area contributed by atoms with E-state index >= 15 is 0 Å². The first kappa shape index (κ1) is 14.4. The number of nitrogens with zero attached hydrogens (tertiary/aromatic N) is 1.